The van der Waals surface area contributed by atoms with Gasteiger partial charge in [0.25, 0.3) is 0 Å². The Labute approximate surface area is 132 Å². The van der Waals surface area contributed by atoms with E-state index in [2.05, 4.69) is 58.7 Å². The van der Waals surface area contributed by atoms with E-state index in [0.717, 1.165) is 26.1 Å². The lowest BCUT2D eigenvalue weighted by Crippen LogP contribution is -2.44. The summed E-state index contributed by atoms with van der Waals surface area (Å²) in [7, 11) is 0. The van der Waals surface area contributed by atoms with Crippen LogP contribution in [0.4, 0.5) is 0 Å². The predicted octanol–water partition coefficient (Wildman–Crippen LogP) is 2.41. The fourth-order valence-electron chi connectivity index (χ4n) is 3.26. The van der Waals surface area contributed by atoms with Crippen LogP contribution < -0.4 is 5.32 Å². The standard InChI is InChI=1S/C19H24N2O/c22-15-19-18(20-13-16-7-3-1-4-8-16)11-12-21(19)14-17-9-5-2-6-10-17/h1-10,18-20,22H,11-15H2/t18-,19+/m1/s1. The number of nitrogens with one attached hydrogen (secondary N) is 1. The van der Waals surface area contributed by atoms with Crippen molar-refractivity contribution in [2.24, 2.45) is 0 Å². The third-order valence-electron chi connectivity index (χ3n) is 4.49. The Balaban J connectivity index is 1.57. The highest BCUT2D eigenvalue weighted by atomic mass is 16.3. The second kappa shape index (κ2) is 7.54. The second-order valence-electron chi connectivity index (χ2n) is 5.97. The molecule has 22 heavy (non-hydrogen) atoms. The summed E-state index contributed by atoms with van der Waals surface area (Å²) >= 11 is 0. The number of likely N-dealkylation sites (tertiary alicyclic amines) is 1. The lowest BCUT2D eigenvalue weighted by molar-refractivity contribution is 0.138. The number of hydrogen-bond donors (Lipinski definition) is 2. The topological polar surface area (TPSA) is 35.5 Å². The Morgan fingerprint density at radius 3 is 2.23 bits per heavy atom. The molecule has 1 saturated heterocycles. The molecular weight excluding hydrogens is 272 g/mol. The number of aliphatic hydroxyl groups is 1. The van der Waals surface area contributed by atoms with E-state index in [4.69, 9.17) is 0 Å². The monoisotopic (exact) mass is 296 g/mol. The zero-order valence-corrected chi connectivity index (χ0v) is 12.9. The molecule has 1 heterocycles. The smallest absolute Gasteiger partial charge is 0.0602 e. The molecule has 2 aromatic carbocycles. The first-order valence-corrected chi connectivity index (χ1v) is 8.03. The minimum absolute atomic E-state index is 0.198. The van der Waals surface area contributed by atoms with E-state index in [0.29, 0.717) is 6.04 Å². The van der Waals surface area contributed by atoms with Gasteiger partial charge in [0.2, 0.25) is 0 Å². The van der Waals surface area contributed by atoms with Crippen LogP contribution in [0.2, 0.25) is 0 Å². The summed E-state index contributed by atoms with van der Waals surface area (Å²) in [5.74, 6) is 0. The van der Waals surface area contributed by atoms with Crippen molar-refractivity contribution in [2.45, 2.75) is 31.6 Å². The summed E-state index contributed by atoms with van der Waals surface area (Å²) in [5, 5.41) is 13.4. The van der Waals surface area contributed by atoms with Gasteiger partial charge in [-0.1, -0.05) is 60.7 Å². The highest BCUT2D eigenvalue weighted by Gasteiger charge is 2.32. The lowest BCUT2D eigenvalue weighted by atomic mass is 10.1. The molecule has 0 saturated carbocycles. The van der Waals surface area contributed by atoms with Crippen LogP contribution in [-0.2, 0) is 13.1 Å². The maximum atomic E-state index is 9.80. The highest BCUT2D eigenvalue weighted by Crippen LogP contribution is 2.21. The predicted molar refractivity (Wildman–Crippen MR) is 89.4 cm³/mol. The molecule has 1 fully saturated rings. The third kappa shape index (κ3) is 3.74. The van der Waals surface area contributed by atoms with Gasteiger partial charge in [0.15, 0.2) is 0 Å². The summed E-state index contributed by atoms with van der Waals surface area (Å²) in [5.41, 5.74) is 2.60. The fraction of sp³-hybridized carbons (Fsp3) is 0.368. The normalized spacial score (nSPS) is 22.0. The summed E-state index contributed by atoms with van der Waals surface area (Å²) in [4.78, 5) is 2.39. The van der Waals surface area contributed by atoms with Crippen molar-refractivity contribution < 1.29 is 5.11 Å². The Kier molecular flexibility index (Phi) is 5.22. The Hall–Kier alpha value is -1.68. The van der Waals surface area contributed by atoms with E-state index in [-0.39, 0.29) is 12.6 Å². The van der Waals surface area contributed by atoms with Gasteiger partial charge in [-0.3, -0.25) is 4.90 Å². The van der Waals surface area contributed by atoms with Crippen LogP contribution in [0.1, 0.15) is 17.5 Å². The first kappa shape index (κ1) is 15.2. The molecule has 0 aromatic heterocycles. The van der Waals surface area contributed by atoms with Crippen molar-refractivity contribution in [3.63, 3.8) is 0 Å². The van der Waals surface area contributed by atoms with E-state index in [9.17, 15) is 5.11 Å². The van der Waals surface area contributed by atoms with Gasteiger partial charge in [0, 0.05) is 31.7 Å². The largest absolute Gasteiger partial charge is 0.395 e. The van der Waals surface area contributed by atoms with Crippen LogP contribution in [0.3, 0.4) is 0 Å². The van der Waals surface area contributed by atoms with Gasteiger partial charge in [0.1, 0.15) is 0 Å². The molecule has 3 heteroatoms. The molecule has 0 radical (unpaired) electrons. The molecule has 2 atom stereocenters. The summed E-state index contributed by atoms with van der Waals surface area (Å²) in [6, 6.07) is 21.5. The first-order chi connectivity index (χ1) is 10.9. The maximum Gasteiger partial charge on any atom is 0.0602 e. The number of hydrogen-bond acceptors (Lipinski definition) is 3. The molecule has 0 aliphatic carbocycles. The molecule has 2 N–H and O–H groups in total. The number of aliphatic hydroxyl groups excluding tert-OH is 1. The quantitative estimate of drug-likeness (QED) is 0.859. The van der Waals surface area contributed by atoms with Crippen LogP contribution in [0.15, 0.2) is 60.7 Å². The van der Waals surface area contributed by atoms with E-state index >= 15 is 0 Å². The summed E-state index contributed by atoms with van der Waals surface area (Å²) < 4.78 is 0. The average Bonchev–Trinajstić information content (AvgIpc) is 2.96. The van der Waals surface area contributed by atoms with Crippen molar-refractivity contribution >= 4 is 0 Å². The molecule has 0 unspecified atom stereocenters. The number of benzene rings is 2. The van der Waals surface area contributed by atoms with Crippen LogP contribution in [0.25, 0.3) is 0 Å². The molecule has 3 nitrogen and oxygen atoms in total. The lowest BCUT2D eigenvalue weighted by Gasteiger charge is -2.27. The van der Waals surface area contributed by atoms with E-state index in [1.807, 2.05) is 12.1 Å². The molecule has 0 spiro atoms. The molecule has 1 aliphatic heterocycles. The van der Waals surface area contributed by atoms with Gasteiger partial charge in [-0.25, -0.2) is 0 Å². The van der Waals surface area contributed by atoms with E-state index in [1.165, 1.54) is 11.1 Å². The second-order valence-corrected chi connectivity index (χ2v) is 5.97. The molecule has 1 aliphatic rings. The third-order valence-corrected chi connectivity index (χ3v) is 4.49. The maximum absolute atomic E-state index is 9.80. The Morgan fingerprint density at radius 1 is 0.955 bits per heavy atom. The average molecular weight is 296 g/mol. The molecule has 116 valence electrons. The van der Waals surface area contributed by atoms with Crippen molar-refractivity contribution in [1.29, 1.82) is 0 Å². The van der Waals surface area contributed by atoms with Gasteiger partial charge in [-0.05, 0) is 17.5 Å². The number of nitrogens with zero attached hydrogens (tertiary/aromatic N) is 1. The van der Waals surface area contributed by atoms with Crippen molar-refractivity contribution in [3.05, 3.63) is 71.8 Å². The van der Waals surface area contributed by atoms with Crippen LogP contribution in [0.5, 0.6) is 0 Å². The molecule has 0 amide bonds. The highest BCUT2D eigenvalue weighted by molar-refractivity contribution is 5.16. The SMILES string of the molecule is OC[C@H]1[C@H](NCc2ccccc2)CCN1Cc1ccccc1. The molecule has 0 bridgehead atoms. The minimum Gasteiger partial charge on any atom is -0.395 e. The van der Waals surface area contributed by atoms with Gasteiger partial charge < -0.3 is 10.4 Å². The Bertz CT molecular complexity index is 558. The first-order valence-electron chi connectivity index (χ1n) is 8.03. The van der Waals surface area contributed by atoms with Crippen molar-refractivity contribution in [2.75, 3.05) is 13.2 Å². The molecule has 3 rings (SSSR count). The van der Waals surface area contributed by atoms with E-state index in [1.54, 1.807) is 0 Å². The zero-order chi connectivity index (χ0) is 15.2. The van der Waals surface area contributed by atoms with Crippen LogP contribution in [-0.4, -0.2) is 35.2 Å². The van der Waals surface area contributed by atoms with Gasteiger partial charge in [0.05, 0.1) is 6.61 Å². The van der Waals surface area contributed by atoms with Gasteiger partial charge in [-0.15, -0.1) is 0 Å². The Morgan fingerprint density at radius 2 is 1.59 bits per heavy atom. The fourth-order valence-corrected chi connectivity index (χ4v) is 3.26. The zero-order valence-electron chi connectivity index (χ0n) is 12.9. The van der Waals surface area contributed by atoms with E-state index < -0.39 is 0 Å². The van der Waals surface area contributed by atoms with Crippen molar-refractivity contribution in [3.8, 4) is 0 Å². The molecular formula is C19H24N2O. The van der Waals surface area contributed by atoms with Gasteiger partial charge >= 0.3 is 0 Å². The van der Waals surface area contributed by atoms with Gasteiger partial charge in [-0.2, -0.15) is 0 Å². The molecule has 2 aromatic rings. The number of rotatable bonds is 6. The summed E-state index contributed by atoms with van der Waals surface area (Å²) in [6.45, 7) is 3.02. The van der Waals surface area contributed by atoms with Crippen LogP contribution >= 0.6 is 0 Å². The summed E-state index contributed by atoms with van der Waals surface area (Å²) in [6.07, 6.45) is 1.09. The van der Waals surface area contributed by atoms with Crippen LogP contribution in [0, 0.1) is 0 Å². The van der Waals surface area contributed by atoms with Crippen molar-refractivity contribution in [1.82, 2.24) is 10.2 Å². The minimum atomic E-state index is 0.198.